The molecule has 1 rings (SSSR count). The molecule has 2 N–H and O–H groups in total. The molecule has 2 atom stereocenters. The van der Waals surface area contributed by atoms with Gasteiger partial charge in [0.2, 0.25) is 0 Å². The minimum atomic E-state index is -0.491. The summed E-state index contributed by atoms with van der Waals surface area (Å²) in [6.45, 7) is 3.96. The van der Waals surface area contributed by atoms with Crippen LogP contribution in [0.25, 0.3) is 0 Å². The van der Waals surface area contributed by atoms with Gasteiger partial charge < -0.3 is 15.1 Å². The molecule has 2 unspecified atom stereocenters. The topological polar surface area (TPSA) is 56.6 Å². The Morgan fingerprint density at radius 1 is 1.44 bits per heavy atom. The van der Waals surface area contributed by atoms with Crippen molar-refractivity contribution in [3.63, 3.8) is 0 Å². The van der Waals surface area contributed by atoms with Crippen LogP contribution in [-0.2, 0) is 0 Å². The number of anilines is 1. The second-order valence-corrected chi connectivity index (χ2v) is 4.01. The molecule has 4 nitrogen and oxygen atoms in total. The lowest BCUT2D eigenvalue weighted by atomic mass is 10.2. The maximum absolute atomic E-state index is 9.60. The second kappa shape index (κ2) is 5.82. The third-order valence-corrected chi connectivity index (χ3v) is 2.83. The minimum Gasteiger partial charge on any atom is -0.394 e. The van der Waals surface area contributed by atoms with Crippen LogP contribution in [0.1, 0.15) is 32.1 Å². The molecule has 1 aromatic rings. The Kier molecular flexibility index (Phi) is 4.71. The second-order valence-electron chi connectivity index (χ2n) is 4.01. The van der Waals surface area contributed by atoms with Crippen molar-refractivity contribution in [1.82, 2.24) is 4.98 Å². The van der Waals surface area contributed by atoms with Crippen molar-refractivity contribution in [2.75, 3.05) is 18.6 Å². The van der Waals surface area contributed by atoms with Crippen LogP contribution >= 0.6 is 0 Å². The number of pyridine rings is 1. The molecule has 1 aromatic heterocycles. The van der Waals surface area contributed by atoms with Gasteiger partial charge in [-0.05, 0) is 25.5 Å². The van der Waals surface area contributed by atoms with Crippen LogP contribution in [0.15, 0.2) is 18.3 Å². The predicted molar refractivity (Wildman–Crippen MR) is 64.4 cm³/mol. The maximum Gasteiger partial charge on any atom is 0.0957 e. The molecular formula is C12H20N2O2. The van der Waals surface area contributed by atoms with E-state index in [9.17, 15) is 5.11 Å². The lowest BCUT2D eigenvalue weighted by Crippen LogP contribution is -2.31. The van der Waals surface area contributed by atoms with Gasteiger partial charge >= 0.3 is 0 Å². The van der Waals surface area contributed by atoms with Crippen molar-refractivity contribution in [2.24, 2.45) is 0 Å². The highest BCUT2D eigenvalue weighted by Gasteiger charge is 2.10. The fourth-order valence-electron chi connectivity index (χ4n) is 1.39. The van der Waals surface area contributed by atoms with E-state index < -0.39 is 6.10 Å². The first-order valence-corrected chi connectivity index (χ1v) is 5.57. The first kappa shape index (κ1) is 12.9. The number of hydrogen-bond acceptors (Lipinski definition) is 4. The molecule has 4 heteroatoms. The van der Waals surface area contributed by atoms with Gasteiger partial charge in [-0.15, -0.1) is 0 Å². The summed E-state index contributed by atoms with van der Waals surface area (Å²) >= 11 is 0. The Labute approximate surface area is 96.6 Å². The van der Waals surface area contributed by atoms with E-state index in [2.05, 4.69) is 4.98 Å². The lowest BCUT2D eigenvalue weighted by Gasteiger charge is -2.25. The zero-order valence-electron chi connectivity index (χ0n) is 10.1. The number of rotatable bonds is 5. The summed E-state index contributed by atoms with van der Waals surface area (Å²) in [7, 11) is 1.91. The molecule has 90 valence electrons. The third kappa shape index (κ3) is 2.93. The number of likely N-dealkylation sites (N-methyl/N-ethyl adjacent to an activating group) is 1. The number of aliphatic hydroxyl groups excluding tert-OH is 2. The zero-order chi connectivity index (χ0) is 12.1. The van der Waals surface area contributed by atoms with Gasteiger partial charge in [0, 0.05) is 13.1 Å². The molecule has 0 aliphatic heterocycles. The number of hydrogen-bond donors (Lipinski definition) is 2. The van der Waals surface area contributed by atoms with Crippen molar-refractivity contribution < 1.29 is 10.2 Å². The van der Waals surface area contributed by atoms with E-state index in [0.29, 0.717) is 12.1 Å². The summed E-state index contributed by atoms with van der Waals surface area (Å²) in [5.41, 5.74) is 1.63. The van der Waals surface area contributed by atoms with Crippen LogP contribution in [-0.4, -0.2) is 34.9 Å². The standard InChI is InChI=1S/C12H20N2O2/c1-4-12(16)11-6-5-10(7-13-11)14(3)9(2)8-15/h5-7,9,12,15-16H,4,8H2,1-3H3. The Morgan fingerprint density at radius 2 is 2.12 bits per heavy atom. The fraction of sp³-hybridized carbons (Fsp3) is 0.583. The summed E-state index contributed by atoms with van der Waals surface area (Å²) in [5, 5.41) is 18.6. The van der Waals surface area contributed by atoms with Crippen molar-refractivity contribution in [3.05, 3.63) is 24.0 Å². The number of nitrogens with zero attached hydrogens (tertiary/aromatic N) is 2. The zero-order valence-corrected chi connectivity index (χ0v) is 10.1. The fourth-order valence-corrected chi connectivity index (χ4v) is 1.39. The Hall–Kier alpha value is -1.13. The van der Waals surface area contributed by atoms with E-state index in [4.69, 9.17) is 5.11 Å². The first-order valence-electron chi connectivity index (χ1n) is 5.57. The molecule has 0 aliphatic carbocycles. The first-order chi connectivity index (χ1) is 7.60. The van der Waals surface area contributed by atoms with Gasteiger partial charge in [-0.2, -0.15) is 0 Å². The van der Waals surface area contributed by atoms with E-state index in [1.54, 1.807) is 6.20 Å². The van der Waals surface area contributed by atoms with Gasteiger partial charge in [-0.3, -0.25) is 4.98 Å². The van der Waals surface area contributed by atoms with Crippen LogP contribution in [0.5, 0.6) is 0 Å². The molecule has 0 aromatic carbocycles. The summed E-state index contributed by atoms with van der Waals surface area (Å²) in [5.74, 6) is 0. The molecule has 0 bridgehead atoms. The molecule has 0 saturated carbocycles. The normalized spacial score (nSPS) is 14.6. The van der Waals surface area contributed by atoms with Crippen molar-refractivity contribution >= 4 is 5.69 Å². The van der Waals surface area contributed by atoms with Crippen molar-refractivity contribution in [2.45, 2.75) is 32.4 Å². The van der Waals surface area contributed by atoms with Gasteiger partial charge in [0.25, 0.3) is 0 Å². The molecular weight excluding hydrogens is 204 g/mol. The number of aliphatic hydroxyl groups is 2. The van der Waals surface area contributed by atoms with E-state index >= 15 is 0 Å². The highest BCUT2D eigenvalue weighted by molar-refractivity contribution is 5.44. The summed E-state index contributed by atoms with van der Waals surface area (Å²) in [4.78, 5) is 6.17. The average Bonchev–Trinajstić information content (AvgIpc) is 2.36. The predicted octanol–water partition coefficient (Wildman–Crippen LogP) is 1.34. The van der Waals surface area contributed by atoms with E-state index in [1.807, 2.05) is 37.9 Å². The monoisotopic (exact) mass is 224 g/mol. The smallest absolute Gasteiger partial charge is 0.0957 e. The highest BCUT2D eigenvalue weighted by Crippen LogP contribution is 2.18. The van der Waals surface area contributed by atoms with Gasteiger partial charge in [0.1, 0.15) is 0 Å². The van der Waals surface area contributed by atoms with Crippen LogP contribution in [0.2, 0.25) is 0 Å². The maximum atomic E-state index is 9.60. The van der Waals surface area contributed by atoms with E-state index in [0.717, 1.165) is 5.69 Å². The molecule has 0 saturated heterocycles. The Morgan fingerprint density at radius 3 is 2.56 bits per heavy atom. The minimum absolute atomic E-state index is 0.0590. The quantitative estimate of drug-likeness (QED) is 0.792. The molecule has 0 aliphatic rings. The average molecular weight is 224 g/mol. The summed E-state index contributed by atoms with van der Waals surface area (Å²) in [6.07, 6.45) is 1.89. The summed E-state index contributed by atoms with van der Waals surface area (Å²) < 4.78 is 0. The molecule has 0 fully saturated rings. The molecule has 1 heterocycles. The van der Waals surface area contributed by atoms with Crippen LogP contribution < -0.4 is 4.90 Å². The van der Waals surface area contributed by atoms with E-state index in [1.165, 1.54) is 0 Å². The highest BCUT2D eigenvalue weighted by atomic mass is 16.3. The van der Waals surface area contributed by atoms with Crippen LogP contribution in [0, 0.1) is 0 Å². The van der Waals surface area contributed by atoms with Gasteiger partial charge in [-0.25, -0.2) is 0 Å². The van der Waals surface area contributed by atoms with Crippen molar-refractivity contribution in [3.8, 4) is 0 Å². The lowest BCUT2D eigenvalue weighted by molar-refractivity contribution is 0.169. The molecule has 16 heavy (non-hydrogen) atoms. The Bertz CT molecular complexity index is 313. The SMILES string of the molecule is CCC(O)c1ccc(N(C)C(C)CO)cn1. The largest absolute Gasteiger partial charge is 0.394 e. The van der Waals surface area contributed by atoms with Crippen LogP contribution in [0.3, 0.4) is 0 Å². The van der Waals surface area contributed by atoms with Crippen LogP contribution in [0.4, 0.5) is 5.69 Å². The van der Waals surface area contributed by atoms with Gasteiger partial charge in [0.05, 0.1) is 30.3 Å². The summed E-state index contributed by atoms with van der Waals surface area (Å²) in [6, 6.07) is 3.79. The molecule has 0 radical (unpaired) electrons. The van der Waals surface area contributed by atoms with Crippen molar-refractivity contribution in [1.29, 1.82) is 0 Å². The molecule has 0 spiro atoms. The molecule has 0 amide bonds. The third-order valence-electron chi connectivity index (χ3n) is 2.83. The Balaban J connectivity index is 2.78. The number of aromatic nitrogens is 1. The van der Waals surface area contributed by atoms with Gasteiger partial charge in [0.15, 0.2) is 0 Å². The van der Waals surface area contributed by atoms with Gasteiger partial charge in [-0.1, -0.05) is 6.92 Å². The van der Waals surface area contributed by atoms with E-state index in [-0.39, 0.29) is 12.6 Å².